The molecule has 106 valence electrons. The quantitative estimate of drug-likeness (QED) is 0.848. The summed E-state index contributed by atoms with van der Waals surface area (Å²) in [5.41, 5.74) is 6.61. The van der Waals surface area contributed by atoms with E-state index in [0.717, 1.165) is 0 Å². The second-order valence-corrected chi connectivity index (χ2v) is 5.14. The number of hydrogen-bond donors (Lipinski definition) is 2. The van der Waals surface area contributed by atoms with Crippen LogP contribution in [-0.2, 0) is 10.5 Å². The highest BCUT2D eigenvalue weighted by Crippen LogP contribution is 2.21. The van der Waals surface area contributed by atoms with Gasteiger partial charge in [-0.3, -0.25) is 4.79 Å². The maximum atomic E-state index is 13.1. The van der Waals surface area contributed by atoms with E-state index in [9.17, 15) is 9.18 Å². The van der Waals surface area contributed by atoms with Crippen LogP contribution in [0.25, 0.3) is 11.5 Å². The number of halogens is 1. The maximum Gasteiger partial charge on any atom is 0.321 e. The van der Waals surface area contributed by atoms with E-state index < -0.39 is 12.0 Å². The van der Waals surface area contributed by atoms with Gasteiger partial charge in [0.25, 0.3) is 0 Å². The van der Waals surface area contributed by atoms with Gasteiger partial charge in [-0.1, -0.05) is 6.07 Å². The SMILES string of the molecule is N[C@@H](CSCc1coc(-c2cccc(F)c2)n1)C(=O)O. The minimum absolute atomic E-state index is 0.289. The lowest BCUT2D eigenvalue weighted by Crippen LogP contribution is -2.32. The fraction of sp³-hybridized carbons (Fsp3) is 0.231. The Labute approximate surface area is 119 Å². The highest BCUT2D eigenvalue weighted by Gasteiger charge is 2.12. The van der Waals surface area contributed by atoms with Crippen molar-refractivity contribution in [3.63, 3.8) is 0 Å². The van der Waals surface area contributed by atoms with Crippen LogP contribution in [0.15, 0.2) is 34.9 Å². The van der Waals surface area contributed by atoms with Gasteiger partial charge in [-0.2, -0.15) is 11.8 Å². The van der Waals surface area contributed by atoms with E-state index in [1.54, 1.807) is 12.1 Å². The molecular formula is C13H13FN2O3S. The van der Waals surface area contributed by atoms with Crippen molar-refractivity contribution in [2.45, 2.75) is 11.8 Å². The maximum absolute atomic E-state index is 13.1. The number of oxazole rings is 1. The largest absolute Gasteiger partial charge is 0.480 e. The molecule has 1 heterocycles. The van der Waals surface area contributed by atoms with Crippen molar-refractivity contribution in [1.29, 1.82) is 0 Å². The molecule has 1 atom stereocenters. The summed E-state index contributed by atoms with van der Waals surface area (Å²) in [6.45, 7) is 0. The van der Waals surface area contributed by atoms with Gasteiger partial charge in [0.2, 0.25) is 5.89 Å². The molecule has 0 saturated heterocycles. The lowest BCUT2D eigenvalue weighted by atomic mass is 10.2. The van der Waals surface area contributed by atoms with Crippen LogP contribution in [0.4, 0.5) is 4.39 Å². The summed E-state index contributed by atoms with van der Waals surface area (Å²) in [7, 11) is 0. The van der Waals surface area contributed by atoms with Crippen molar-refractivity contribution in [1.82, 2.24) is 4.98 Å². The van der Waals surface area contributed by atoms with Crippen LogP contribution in [0.2, 0.25) is 0 Å². The molecular weight excluding hydrogens is 283 g/mol. The molecule has 0 unspecified atom stereocenters. The molecule has 7 heteroatoms. The summed E-state index contributed by atoms with van der Waals surface area (Å²) in [6.07, 6.45) is 1.47. The summed E-state index contributed by atoms with van der Waals surface area (Å²) in [5.74, 6) is -0.276. The minimum atomic E-state index is -1.03. The smallest absolute Gasteiger partial charge is 0.321 e. The standard InChI is InChI=1S/C13H13FN2O3S/c14-9-3-1-2-8(4-9)12-16-10(5-19-12)6-20-7-11(15)13(17)18/h1-5,11H,6-7,15H2,(H,17,18)/t11-/m0/s1. The Balaban J connectivity index is 1.94. The normalized spacial score (nSPS) is 12.3. The summed E-state index contributed by atoms with van der Waals surface area (Å²) in [5, 5.41) is 8.65. The monoisotopic (exact) mass is 296 g/mol. The van der Waals surface area contributed by atoms with Gasteiger partial charge in [0.15, 0.2) is 0 Å². The third-order valence-corrected chi connectivity index (χ3v) is 3.58. The van der Waals surface area contributed by atoms with Crippen LogP contribution in [-0.4, -0.2) is 27.9 Å². The first-order valence-corrected chi connectivity index (χ1v) is 6.98. The fourth-order valence-corrected chi connectivity index (χ4v) is 2.35. The molecule has 0 radical (unpaired) electrons. The second-order valence-electron chi connectivity index (χ2n) is 4.11. The van der Waals surface area contributed by atoms with Gasteiger partial charge in [-0.15, -0.1) is 0 Å². The van der Waals surface area contributed by atoms with E-state index in [1.165, 1.54) is 30.2 Å². The average Bonchev–Trinajstić information content (AvgIpc) is 2.87. The second kappa shape index (κ2) is 6.53. The van der Waals surface area contributed by atoms with Gasteiger partial charge >= 0.3 is 5.97 Å². The number of hydrogen-bond acceptors (Lipinski definition) is 5. The average molecular weight is 296 g/mol. The molecule has 0 spiro atoms. The van der Waals surface area contributed by atoms with E-state index in [-0.39, 0.29) is 11.6 Å². The fourth-order valence-electron chi connectivity index (χ4n) is 1.49. The molecule has 0 saturated carbocycles. The third-order valence-electron chi connectivity index (χ3n) is 2.49. The molecule has 1 aromatic heterocycles. The summed E-state index contributed by atoms with van der Waals surface area (Å²) >= 11 is 1.35. The molecule has 0 fully saturated rings. The van der Waals surface area contributed by atoms with E-state index in [4.69, 9.17) is 15.3 Å². The van der Waals surface area contributed by atoms with E-state index >= 15 is 0 Å². The first-order valence-electron chi connectivity index (χ1n) is 5.82. The Kier molecular flexibility index (Phi) is 4.75. The highest BCUT2D eigenvalue weighted by molar-refractivity contribution is 7.98. The van der Waals surface area contributed by atoms with Crippen LogP contribution in [0.5, 0.6) is 0 Å². The number of thioether (sulfide) groups is 1. The molecule has 1 aromatic carbocycles. The molecule has 0 aliphatic carbocycles. The zero-order valence-electron chi connectivity index (χ0n) is 10.5. The number of aliphatic carboxylic acids is 1. The van der Waals surface area contributed by atoms with Gasteiger partial charge in [0, 0.05) is 17.1 Å². The molecule has 0 aliphatic rings. The topological polar surface area (TPSA) is 89.4 Å². The molecule has 2 aromatic rings. The van der Waals surface area contributed by atoms with E-state index in [0.29, 0.717) is 22.9 Å². The zero-order chi connectivity index (χ0) is 14.5. The van der Waals surface area contributed by atoms with E-state index in [1.807, 2.05) is 0 Å². The molecule has 0 amide bonds. The summed E-state index contributed by atoms with van der Waals surface area (Å²) < 4.78 is 18.4. The molecule has 3 N–H and O–H groups in total. The Bertz CT molecular complexity index is 603. The molecule has 0 bridgehead atoms. The number of benzene rings is 1. The van der Waals surface area contributed by atoms with Gasteiger partial charge in [-0.05, 0) is 18.2 Å². The Morgan fingerprint density at radius 1 is 1.55 bits per heavy atom. The van der Waals surface area contributed by atoms with Crippen molar-refractivity contribution in [3.05, 3.63) is 42.0 Å². The van der Waals surface area contributed by atoms with Crippen LogP contribution in [0, 0.1) is 5.82 Å². The molecule has 20 heavy (non-hydrogen) atoms. The van der Waals surface area contributed by atoms with Crippen molar-refractivity contribution < 1.29 is 18.7 Å². The third kappa shape index (κ3) is 3.82. The zero-order valence-corrected chi connectivity index (χ0v) is 11.3. The Morgan fingerprint density at radius 3 is 3.05 bits per heavy atom. The van der Waals surface area contributed by atoms with Gasteiger partial charge in [-0.25, -0.2) is 9.37 Å². The van der Waals surface area contributed by atoms with Gasteiger partial charge in [0.1, 0.15) is 18.1 Å². The van der Waals surface area contributed by atoms with Gasteiger partial charge < -0.3 is 15.3 Å². The molecule has 2 rings (SSSR count). The molecule has 5 nitrogen and oxygen atoms in total. The number of nitrogens with two attached hydrogens (primary N) is 1. The minimum Gasteiger partial charge on any atom is -0.480 e. The van der Waals surface area contributed by atoms with Crippen LogP contribution >= 0.6 is 11.8 Å². The first kappa shape index (κ1) is 14.5. The summed E-state index contributed by atoms with van der Waals surface area (Å²) in [6, 6.07) is 5.07. The van der Waals surface area contributed by atoms with Crippen molar-refractivity contribution in [2.75, 3.05) is 5.75 Å². The number of aromatic nitrogens is 1. The predicted molar refractivity (Wildman–Crippen MR) is 73.7 cm³/mol. The first-order chi connectivity index (χ1) is 9.56. The lowest BCUT2D eigenvalue weighted by Gasteiger charge is -2.03. The predicted octanol–water partition coefficient (Wildman–Crippen LogP) is 2.13. The number of carboxylic acid groups (broad SMARTS) is 1. The summed E-state index contributed by atoms with van der Waals surface area (Å²) in [4.78, 5) is 14.8. The Morgan fingerprint density at radius 2 is 2.35 bits per heavy atom. The van der Waals surface area contributed by atoms with Crippen molar-refractivity contribution in [3.8, 4) is 11.5 Å². The number of carbonyl (C=O) groups is 1. The highest BCUT2D eigenvalue weighted by atomic mass is 32.2. The number of rotatable bonds is 6. The van der Waals surface area contributed by atoms with Crippen molar-refractivity contribution >= 4 is 17.7 Å². The van der Waals surface area contributed by atoms with Crippen LogP contribution < -0.4 is 5.73 Å². The Hall–Kier alpha value is -1.86. The molecule has 0 aliphatic heterocycles. The van der Waals surface area contributed by atoms with E-state index in [2.05, 4.69) is 4.98 Å². The van der Waals surface area contributed by atoms with Gasteiger partial charge in [0.05, 0.1) is 5.69 Å². The lowest BCUT2D eigenvalue weighted by molar-refractivity contribution is -0.137. The van der Waals surface area contributed by atoms with Crippen LogP contribution in [0.3, 0.4) is 0 Å². The van der Waals surface area contributed by atoms with Crippen LogP contribution in [0.1, 0.15) is 5.69 Å². The van der Waals surface area contributed by atoms with Crippen molar-refractivity contribution in [2.24, 2.45) is 5.73 Å². The number of nitrogens with zero attached hydrogens (tertiary/aromatic N) is 1. The number of carboxylic acids is 1.